The molecule has 0 atom stereocenters. The number of aryl methyl sites for hydroxylation is 1. The summed E-state index contributed by atoms with van der Waals surface area (Å²) < 4.78 is 23.2. The molecule has 0 bridgehead atoms. The molecule has 5 nitrogen and oxygen atoms in total. The summed E-state index contributed by atoms with van der Waals surface area (Å²) in [6.07, 6.45) is 3.68. The predicted octanol–water partition coefficient (Wildman–Crippen LogP) is 4.01. The van der Waals surface area contributed by atoms with Gasteiger partial charge in [-0.15, -0.1) is 0 Å². The van der Waals surface area contributed by atoms with Crippen molar-refractivity contribution < 1.29 is 18.7 Å². The van der Waals surface area contributed by atoms with Gasteiger partial charge in [-0.3, -0.25) is 0 Å². The van der Waals surface area contributed by atoms with Crippen LogP contribution in [-0.4, -0.2) is 11.1 Å². The molecule has 1 aromatic carbocycles. The second kappa shape index (κ2) is 7.90. The Kier molecular flexibility index (Phi) is 5.64. The van der Waals surface area contributed by atoms with Gasteiger partial charge in [-0.25, -0.2) is 14.2 Å². The van der Waals surface area contributed by atoms with Gasteiger partial charge in [0.25, 0.3) is 0 Å². The highest BCUT2D eigenvalue weighted by Crippen LogP contribution is 2.17. The van der Waals surface area contributed by atoms with Crippen molar-refractivity contribution in [2.45, 2.75) is 26.2 Å². The van der Waals surface area contributed by atoms with Crippen LogP contribution in [0.25, 0.3) is 0 Å². The van der Waals surface area contributed by atoms with Crippen LogP contribution >= 0.6 is 0 Å². The summed E-state index contributed by atoms with van der Waals surface area (Å²) in [5.41, 5.74) is 0.928. The van der Waals surface area contributed by atoms with Gasteiger partial charge in [-0.2, -0.15) is 5.26 Å². The van der Waals surface area contributed by atoms with E-state index in [0.717, 1.165) is 30.9 Å². The van der Waals surface area contributed by atoms with E-state index >= 15 is 0 Å². The number of carbonyl (C=O) groups excluding carboxylic acids is 1. The molecule has 0 saturated carbocycles. The van der Waals surface area contributed by atoms with E-state index in [-0.39, 0.29) is 17.2 Å². The smallest absolute Gasteiger partial charge is 0.395 e. The first kappa shape index (κ1) is 16.4. The number of ether oxygens (including phenoxy) is 2. The van der Waals surface area contributed by atoms with Crippen LogP contribution in [0.4, 0.5) is 9.18 Å². The molecule has 0 spiro atoms. The summed E-state index contributed by atoms with van der Waals surface area (Å²) in [7, 11) is 0. The van der Waals surface area contributed by atoms with Crippen LogP contribution < -0.4 is 9.47 Å². The fourth-order valence-corrected chi connectivity index (χ4v) is 1.85. The average molecular weight is 314 g/mol. The van der Waals surface area contributed by atoms with E-state index in [1.165, 1.54) is 12.1 Å². The molecule has 118 valence electrons. The van der Waals surface area contributed by atoms with E-state index in [0.29, 0.717) is 0 Å². The van der Waals surface area contributed by atoms with Crippen LogP contribution in [0, 0.1) is 17.1 Å². The molecule has 0 radical (unpaired) electrons. The molecule has 0 aliphatic carbocycles. The van der Waals surface area contributed by atoms with Gasteiger partial charge < -0.3 is 9.47 Å². The Hall–Kier alpha value is -2.94. The van der Waals surface area contributed by atoms with E-state index in [1.54, 1.807) is 18.3 Å². The van der Waals surface area contributed by atoms with Crippen LogP contribution in [0.15, 0.2) is 36.5 Å². The molecule has 0 saturated heterocycles. The Morgan fingerprint density at radius 2 is 2.13 bits per heavy atom. The Labute approximate surface area is 133 Å². The summed E-state index contributed by atoms with van der Waals surface area (Å²) in [4.78, 5) is 15.7. The van der Waals surface area contributed by atoms with Gasteiger partial charge in [-0.05, 0) is 30.5 Å². The number of nitriles is 1. The van der Waals surface area contributed by atoms with Crippen molar-refractivity contribution in [1.82, 2.24) is 4.98 Å². The Morgan fingerprint density at radius 3 is 2.74 bits per heavy atom. The first-order valence-electron chi connectivity index (χ1n) is 7.16. The van der Waals surface area contributed by atoms with E-state index in [2.05, 4.69) is 11.9 Å². The number of unbranched alkanes of at least 4 members (excludes halogenated alkanes) is 1. The minimum absolute atomic E-state index is 0.0499. The number of pyridine rings is 1. The van der Waals surface area contributed by atoms with Crippen LogP contribution in [0.3, 0.4) is 0 Å². The largest absolute Gasteiger partial charge is 0.520 e. The van der Waals surface area contributed by atoms with Crippen molar-refractivity contribution in [2.75, 3.05) is 0 Å². The fourth-order valence-electron chi connectivity index (χ4n) is 1.85. The van der Waals surface area contributed by atoms with E-state index in [1.807, 2.05) is 6.07 Å². The maximum Gasteiger partial charge on any atom is 0.520 e. The number of aromatic nitrogens is 1. The third kappa shape index (κ3) is 4.78. The van der Waals surface area contributed by atoms with Crippen molar-refractivity contribution in [3.05, 3.63) is 53.5 Å². The molecule has 2 aromatic rings. The molecule has 1 aromatic heterocycles. The zero-order valence-electron chi connectivity index (χ0n) is 12.6. The fraction of sp³-hybridized carbons (Fsp3) is 0.235. The molecule has 1 heterocycles. The second-order valence-electron chi connectivity index (χ2n) is 4.82. The quantitative estimate of drug-likeness (QED) is 0.616. The highest BCUT2D eigenvalue weighted by atomic mass is 19.1. The van der Waals surface area contributed by atoms with E-state index < -0.39 is 12.0 Å². The number of carbonyl (C=O) groups is 1. The van der Waals surface area contributed by atoms with Gasteiger partial charge in [0.1, 0.15) is 17.6 Å². The summed E-state index contributed by atoms with van der Waals surface area (Å²) in [5, 5.41) is 8.63. The van der Waals surface area contributed by atoms with Crippen molar-refractivity contribution in [3.63, 3.8) is 0 Å². The topological polar surface area (TPSA) is 72.2 Å². The van der Waals surface area contributed by atoms with Gasteiger partial charge >= 0.3 is 6.16 Å². The molecule has 0 fully saturated rings. The van der Waals surface area contributed by atoms with Gasteiger partial charge in [0.05, 0.1) is 5.56 Å². The Balaban J connectivity index is 1.94. The molecule has 0 aliphatic rings. The SMILES string of the molecule is CCCCc1ccc(OC(=O)Oc2ccc(C#N)c(F)c2)nc1. The molecule has 23 heavy (non-hydrogen) atoms. The lowest BCUT2D eigenvalue weighted by atomic mass is 10.1. The predicted molar refractivity (Wildman–Crippen MR) is 80.6 cm³/mol. The average Bonchev–Trinajstić information content (AvgIpc) is 2.54. The second-order valence-corrected chi connectivity index (χ2v) is 4.82. The number of halogens is 1. The number of hydrogen-bond donors (Lipinski definition) is 0. The first-order valence-corrected chi connectivity index (χ1v) is 7.16. The number of benzene rings is 1. The normalized spacial score (nSPS) is 9.96. The van der Waals surface area contributed by atoms with Gasteiger partial charge in [0, 0.05) is 18.3 Å². The number of nitrogens with zero attached hydrogens (tertiary/aromatic N) is 2. The van der Waals surface area contributed by atoms with Gasteiger partial charge in [0.15, 0.2) is 0 Å². The maximum atomic E-state index is 13.4. The van der Waals surface area contributed by atoms with Crippen LogP contribution in [0.5, 0.6) is 11.6 Å². The molecule has 0 amide bonds. The highest BCUT2D eigenvalue weighted by molar-refractivity contribution is 5.66. The van der Waals surface area contributed by atoms with Crippen molar-refractivity contribution in [2.24, 2.45) is 0 Å². The number of hydrogen-bond acceptors (Lipinski definition) is 5. The summed E-state index contributed by atoms with van der Waals surface area (Å²) in [6.45, 7) is 2.10. The van der Waals surface area contributed by atoms with Crippen molar-refractivity contribution in [1.29, 1.82) is 5.26 Å². The maximum absolute atomic E-state index is 13.4. The summed E-state index contributed by atoms with van der Waals surface area (Å²) in [5.74, 6) is -0.716. The minimum Gasteiger partial charge on any atom is -0.395 e. The lowest BCUT2D eigenvalue weighted by Gasteiger charge is -2.06. The summed E-state index contributed by atoms with van der Waals surface area (Å²) >= 11 is 0. The van der Waals surface area contributed by atoms with Gasteiger partial charge in [0.2, 0.25) is 5.88 Å². The minimum atomic E-state index is -1.03. The van der Waals surface area contributed by atoms with Crippen LogP contribution in [-0.2, 0) is 6.42 Å². The summed E-state index contributed by atoms with van der Waals surface area (Å²) in [6, 6.07) is 8.56. The lowest BCUT2D eigenvalue weighted by molar-refractivity contribution is 0.150. The molecular weight excluding hydrogens is 299 g/mol. The molecule has 0 aliphatic heterocycles. The standard InChI is InChI=1S/C17H15FN2O3/c1-2-3-4-12-5-8-16(20-11-12)23-17(21)22-14-7-6-13(10-19)15(18)9-14/h5-9,11H,2-4H2,1H3. The Bertz CT molecular complexity index is 724. The third-order valence-corrected chi connectivity index (χ3v) is 3.07. The van der Waals surface area contributed by atoms with E-state index in [4.69, 9.17) is 14.7 Å². The molecule has 0 N–H and O–H groups in total. The lowest BCUT2D eigenvalue weighted by Crippen LogP contribution is -2.14. The first-order chi connectivity index (χ1) is 11.1. The van der Waals surface area contributed by atoms with Crippen molar-refractivity contribution >= 4 is 6.16 Å². The van der Waals surface area contributed by atoms with Crippen LogP contribution in [0.1, 0.15) is 30.9 Å². The monoisotopic (exact) mass is 314 g/mol. The van der Waals surface area contributed by atoms with Crippen molar-refractivity contribution in [3.8, 4) is 17.7 Å². The molecule has 0 unspecified atom stereocenters. The Morgan fingerprint density at radius 1 is 1.30 bits per heavy atom. The number of rotatable bonds is 5. The molecule has 2 rings (SSSR count). The van der Waals surface area contributed by atoms with Crippen LogP contribution in [0.2, 0.25) is 0 Å². The molecular formula is C17H15FN2O3. The zero-order chi connectivity index (χ0) is 16.7. The highest BCUT2D eigenvalue weighted by Gasteiger charge is 2.11. The molecule has 6 heteroatoms. The third-order valence-electron chi connectivity index (χ3n) is 3.07. The van der Waals surface area contributed by atoms with Gasteiger partial charge in [-0.1, -0.05) is 19.4 Å². The van der Waals surface area contributed by atoms with E-state index in [9.17, 15) is 9.18 Å². The zero-order valence-corrected chi connectivity index (χ0v) is 12.6.